The van der Waals surface area contributed by atoms with E-state index in [9.17, 15) is 4.79 Å². The van der Waals surface area contributed by atoms with Crippen molar-refractivity contribution in [3.05, 3.63) is 47.1 Å². The third-order valence-electron chi connectivity index (χ3n) is 3.93. The summed E-state index contributed by atoms with van der Waals surface area (Å²) in [6, 6.07) is 7.31. The Labute approximate surface area is 137 Å². The molecule has 1 aliphatic heterocycles. The van der Waals surface area contributed by atoms with Gasteiger partial charge in [0.15, 0.2) is 5.69 Å². The molecule has 3 aromatic rings. The Morgan fingerprint density at radius 1 is 1.38 bits per heavy atom. The summed E-state index contributed by atoms with van der Waals surface area (Å²) in [6.07, 6.45) is 0.849. The minimum atomic E-state index is -0.238. The van der Waals surface area contributed by atoms with Gasteiger partial charge in [0.05, 0.1) is 0 Å². The molecule has 3 N–H and O–H groups in total. The van der Waals surface area contributed by atoms with Gasteiger partial charge in [0.1, 0.15) is 0 Å². The van der Waals surface area contributed by atoms with E-state index < -0.39 is 0 Å². The number of amides is 1. The molecule has 0 saturated carbocycles. The number of anilines is 1. The fourth-order valence-corrected chi connectivity index (χ4v) is 2.76. The molecule has 4 rings (SSSR count). The van der Waals surface area contributed by atoms with Gasteiger partial charge in [-0.25, -0.2) is 0 Å². The SMILES string of the molecule is Cc1nc(-c2cccc(NC(=O)c3n[nH]c4c3CNCC4)c2)no1. The minimum absolute atomic E-state index is 0.238. The lowest BCUT2D eigenvalue weighted by Gasteiger charge is -2.13. The number of benzene rings is 1. The van der Waals surface area contributed by atoms with Gasteiger partial charge in [-0.1, -0.05) is 17.3 Å². The van der Waals surface area contributed by atoms with Crippen LogP contribution in [0.15, 0.2) is 28.8 Å². The molecular formula is C16H16N6O2. The van der Waals surface area contributed by atoms with Crippen LogP contribution in [-0.2, 0) is 13.0 Å². The summed E-state index contributed by atoms with van der Waals surface area (Å²) in [5.74, 6) is 0.748. The third kappa shape index (κ3) is 2.67. The molecule has 0 bridgehead atoms. The number of carbonyl (C=O) groups is 1. The summed E-state index contributed by atoms with van der Waals surface area (Å²) in [5.41, 5.74) is 3.81. The monoisotopic (exact) mass is 324 g/mol. The molecule has 1 aromatic carbocycles. The number of aromatic nitrogens is 4. The van der Waals surface area contributed by atoms with Crippen LogP contribution in [0.2, 0.25) is 0 Å². The van der Waals surface area contributed by atoms with Crippen molar-refractivity contribution >= 4 is 11.6 Å². The molecule has 0 unspecified atom stereocenters. The van der Waals surface area contributed by atoms with Crippen molar-refractivity contribution in [1.29, 1.82) is 0 Å². The van der Waals surface area contributed by atoms with Gasteiger partial charge in [0.2, 0.25) is 11.7 Å². The summed E-state index contributed by atoms with van der Waals surface area (Å²) < 4.78 is 4.99. The van der Waals surface area contributed by atoms with Gasteiger partial charge < -0.3 is 15.2 Å². The first-order valence-electron chi connectivity index (χ1n) is 7.69. The van der Waals surface area contributed by atoms with Gasteiger partial charge in [-0.2, -0.15) is 10.1 Å². The second kappa shape index (κ2) is 5.89. The Morgan fingerprint density at radius 2 is 2.29 bits per heavy atom. The first-order chi connectivity index (χ1) is 11.7. The van der Waals surface area contributed by atoms with Crippen molar-refractivity contribution in [3.63, 3.8) is 0 Å². The number of carbonyl (C=O) groups excluding carboxylic acids is 1. The summed E-state index contributed by atoms with van der Waals surface area (Å²) in [6.45, 7) is 3.27. The maximum Gasteiger partial charge on any atom is 0.276 e. The summed E-state index contributed by atoms with van der Waals surface area (Å²) in [4.78, 5) is 16.7. The van der Waals surface area contributed by atoms with E-state index in [0.29, 0.717) is 29.6 Å². The molecule has 122 valence electrons. The number of fused-ring (bicyclic) bond motifs is 1. The van der Waals surface area contributed by atoms with Crippen LogP contribution in [0.5, 0.6) is 0 Å². The fourth-order valence-electron chi connectivity index (χ4n) is 2.76. The van der Waals surface area contributed by atoms with Crippen LogP contribution < -0.4 is 10.6 Å². The highest BCUT2D eigenvalue weighted by Gasteiger charge is 2.21. The number of hydrogen-bond donors (Lipinski definition) is 3. The van der Waals surface area contributed by atoms with E-state index >= 15 is 0 Å². The molecule has 3 heterocycles. The van der Waals surface area contributed by atoms with Crippen molar-refractivity contribution in [3.8, 4) is 11.4 Å². The number of aryl methyl sites for hydroxylation is 1. The summed E-state index contributed by atoms with van der Waals surface area (Å²) >= 11 is 0. The van der Waals surface area contributed by atoms with Crippen molar-refractivity contribution in [1.82, 2.24) is 25.7 Å². The van der Waals surface area contributed by atoms with Crippen LogP contribution in [0.3, 0.4) is 0 Å². The van der Waals surface area contributed by atoms with Crippen LogP contribution in [0, 0.1) is 6.92 Å². The average molecular weight is 324 g/mol. The van der Waals surface area contributed by atoms with Crippen LogP contribution in [-0.4, -0.2) is 32.8 Å². The predicted octanol–water partition coefficient (Wildman–Crippen LogP) is 1.67. The van der Waals surface area contributed by atoms with Crippen molar-refractivity contribution < 1.29 is 9.32 Å². The Balaban J connectivity index is 1.57. The molecule has 0 atom stereocenters. The van der Waals surface area contributed by atoms with E-state index in [1.807, 2.05) is 18.2 Å². The number of nitrogens with zero attached hydrogens (tertiary/aromatic N) is 3. The molecule has 2 aromatic heterocycles. The van der Waals surface area contributed by atoms with E-state index in [1.165, 1.54) is 0 Å². The standard InChI is InChI=1S/C16H16N6O2/c1-9-18-15(22-24-9)10-3-2-4-11(7-10)19-16(23)14-12-8-17-6-5-13(12)20-21-14/h2-4,7,17H,5-6,8H2,1H3,(H,19,23)(H,20,21). The molecule has 1 amide bonds. The zero-order valence-corrected chi connectivity index (χ0v) is 13.1. The fraction of sp³-hybridized carbons (Fsp3) is 0.250. The van der Waals surface area contributed by atoms with Crippen molar-refractivity contribution in [2.45, 2.75) is 19.9 Å². The van der Waals surface area contributed by atoms with Gasteiger partial charge in [-0.05, 0) is 12.1 Å². The maximum atomic E-state index is 12.5. The highest BCUT2D eigenvalue weighted by atomic mass is 16.5. The van der Waals surface area contributed by atoms with E-state index in [2.05, 4.69) is 31.0 Å². The van der Waals surface area contributed by atoms with E-state index in [-0.39, 0.29) is 5.91 Å². The third-order valence-corrected chi connectivity index (χ3v) is 3.93. The van der Waals surface area contributed by atoms with Crippen molar-refractivity contribution in [2.75, 3.05) is 11.9 Å². The van der Waals surface area contributed by atoms with Crippen LogP contribution in [0.1, 0.15) is 27.6 Å². The Kier molecular flexibility index (Phi) is 3.58. The van der Waals surface area contributed by atoms with Crippen LogP contribution in [0.25, 0.3) is 11.4 Å². The molecule has 0 saturated heterocycles. The first-order valence-corrected chi connectivity index (χ1v) is 7.69. The second-order valence-electron chi connectivity index (χ2n) is 5.63. The van der Waals surface area contributed by atoms with E-state index in [1.54, 1.807) is 13.0 Å². The van der Waals surface area contributed by atoms with E-state index in [0.717, 1.165) is 29.8 Å². The van der Waals surface area contributed by atoms with Gasteiger partial charge >= 0.3 is 0 Å². The number of hydrogen-bond acceptors (Lipinski definition) is 6. The minimum Gasteiger partial charge on any atom is -0.339 e. The maximum absolute atomic E-state index is 12.5. The zero-order chi connectivity index (χ0) is 16.5. The van der Waals surface area contributed by atoms with Gasteiger partial charge in [-0.3, -0.25) is 9.89 Å². The topological polar surface area (TPSA) is 109 Å². The molecule has 8 nitrogen and oxygen atoms in total. The smallest absolute Gasteiger partial charge is 0.276 e. The van der Waals surface area contributed by atoms with Gasteiger partial charge in [0.25, 0.3) is 5.91 Å². The molecule has 1 aliphatic rings. The molecule has 0 spiro atoms. The predicted molar refractivity (Wildman–Crippen MR) is 86.4 cm³/mol. The molecule has 0 aliphatic carbocycles. The number of H-pyrrole nitrogens is 1. The second-order valence-corrected chi connectivity index (χ2v) is 5.63. The molecule has 8 heteroatoms. The van der Waals surface area contributed by atoms with Crippen molar-refractivity contribution in [2.24, 2.45) is 0 Å². The van der Waals surface area contributed by atoms with E-state index in [4.69, 9.17) is 4.52 Å². The lowest BCUT2D eigenvalue weighted by Crippen LogP contribution is -2.25. The quantitative estimate of drug-likeness (QED) is 0.676. The molecule has 0 fully saturated rings. The molecule has 0 radical (unpaired) electrons. The lowest BCUT2D eigenvalue weighted by atomic mass is 10.1. The average Bonchev–Trinajstić information content (AvgIpc) is 3.21. The van der Waals surface area contributed by atoms with Crippen LogP contribution >= 0.6 is 0 Å². The summed E-state index contributed by atoms with van der Waals surface area (Å²) in [5, 5.41) is 17.1. The lowest BCUT2D eigenvalue weighted by molar-refractivity contribution is 0.102. The highest BCUT2D eigenvalue weighted by Crippen LogP contribution is 2.21. The Bertz CT molecular complexity index is 898. The zero-order valence-electron chi connectivity index (χ0n) is 13.1. The first kappa shape index (κ1) is 14.6. The normalized spacial score (nSPS) is 13.5. The summed E-state index contributed by atoms with van der Waals surface area (Å²) in [7, 11) is 0. The number of rotatable bonds is 3. The Morgan fingerprint density at radius 3 is 3.12 bits per heavy atom. The molecular weight excluding hydrogens is 308 g/mol. The Hall–Kier alpha value is -3.00. The van der Waals surface area contributed by atoms with Gasteiger partial charge in [0, 0.05) is 48.9 Å². The van der Waals surface area contributed by atoms with Crippen LogP contribution in [0.4, 0.5) is 5.69 Å². The van der Waals surface area contributed by atoms with Gasteiger partial charge in [-0.15, -0.1) is 0 Å². The number of aromatic amines is 1. The largest absolute Gasteiger partial charge is 0.339 e. The number of nitrogens with one attached hydrogen (secondary N) is 3. The highest BCUT2D eigenvalue weighted by molar-refractivity contribution is 6.04. The molecule has 24 heavy (non-hydrogen) atoms.